The number of nitrogens with two attached hydrogens (primary N) is 1. The smallest absolute Gasteiger partial charge is 0.321 e. The largest absolute Gasteiger partial charge is 0.333 e. The lowest BCUT2D eigenvalue weighted by atomic mass is 10.1. The number of aromatic nitrogens is 2. The van der Waals surface area contributed by atoms with Crippen LogP contribution >= 0.6 is 11.8 Å². The molecule has 29 heavy (non-hydrogen) atoms. The molecule has 2 aromatic rings. The summed E-state index contributed by atoms with van der Waals surface area (Å²) in [5.41, 5.74) is 0.766. The van der Waals surface area contributed by atoms with Gasteiger partial charge in [-0.1, -0.05) is 18.7 Å². The first-order chi connectivity index (χ1) is 13.3. The molecule has 0 aliphatic rings. The SMILES string of the molecule is CCCn1c(SC(C)C(=O)NC(=O)NC(C)(C)C)nc2cc(S(N)(=O)=O)ccc21. The van der Waals surface area contributed by atoms with Gasteiger partial charge in [0.25, 0.3) is 0 Å². The van der Waals surface area contributed by atoms with E-state index in [2.05, 4.69) is 15.6 Å². The van der Waals surface area contributed by atoms with Crippen LogP contribution in [0, 0.1) is 0 Å². The third-order valence-electron chi connectivity index (χ3n) is 3.84. The molecule has 3 amide bonds. The Balaban J connectivity index is 2.26. The number of sulfonamides is 1. The van der Waals surface area contributed by atoms with Gasteiger partial charge in [0.15, 0.2) is 5.16 Å². The first kappa shape index (κ1) is 23.2. The van der Waals surface area contributed by atoms with Gasteiger partial charge in [0.05, 0.1) is 21.2 Å². The number of benzene rings is 1. The molecule has 4 N–H and O–H groups in total. The summed E-state index contributed by atoms with van der Waals surface area (Å²) in [4.78, 5) is 28.8. The second-order valence-corrected chi connectivity index (χ2v) is 10.6. The van der Waals surface area contributed by atoms with E-state index in [0.29, 0.717) is 17.2 Å². The van der Waals surface area contributed by atoms with E-state index in [1.165, 1.54) is 23.9 Å². The highest BCUT2D eigenvalue weighted by atomic mass is 32.2. The number of primary sulfonamides is 1. The lowest BCUT2D eigenvalue weighted by Crippen LogP contribution is -2.49. The Hall–Kier alpha value is -2.11. The molecule has 0 fully saturated rings. The van der Waals surface area contributed by atoms with Crippen LogP contribution < -0.4 is 15.8 Å². The van der Waals surface area contributed by atoms with Crippen molar-refractivity contribution in [1.29, 1.82) is 0 Å². The fraction of sp³-hybridized carbons (Fsp3) is 0.500. The number of hydrogen-bond acceptors (Lipinski definition) is 6. The van der Waals surface area contributed by atoms with Crippen molar-refractivity contribution in [3.05, 3.63) is 18.2 Å². The zero-order valence-electron chi connectivity index (χ0n) is 17.1. The molecule has 1 aromatic carbocycles. The Bertz CT molecular complexity index is 1020. The molecule has 0 radical (unpaired) electrons. The number of imide groups is 1. The molecule has 1 aromatic heterocycles. The minimum absolute atomic E-state index is 0.0210. The maximum atomic E-state index is 12.4. The second kappa shape index (κ2) is 8.72. The molecule has 2 rings (SSSR count). The Morgan fingerprint density at radius 1 is 1.31 bits per heavy atom. The number of amides is 3. The zero-order chi connectivity index (χ0) is 22.0. The van der Waals surface area contributed by atoms with Crippen LogP contribution in [0.3, 0.4) is 0 Å². The maximum Gasteiger partial charge on any atom is 0.321 e. The number of carbonyl (C=O) groups is 2. The predicted molar refractivity (Wildman–Crippen MR) is 113 cm³/mol. The van der Waals surface area contributed by atoms with Crippen molar-refractivity contribution in [3.63, 3.8) is 0 Å². The van der Waals surface area contributed by atoms with Gasteiger partial charge in [-0.2, -0.15) is 0 Å². The van der Waals surface area contributed by atoms with Gasteiger partial charge in [-0.05, 0) is 52.3 Å². The van der Waals surface area contributed by atoms with E-state index in [4.69, 9.17) is 5.14 Å². The molecule has 1 heterocycles. The lowest BCUT2D eigenvalue weighted by Gasteiger charge is -2.21. The summed E-state index contributed by atoms with van der Waals surface area (Å²) in [6, 6.07) is 3.95. The molecule has 0 aliphatic heterocycles. The van der Waals surface area contributed by atoms with E-state index in [-0.39, 0.29) is 4.90 Å². The van der Waals surface area contributed by atoms with Crippen molar-refractivity contribution in [3.8, 4) is 0 Å². The number of aryl methyl sites for hydroxylation is 1. The van der Waals surface area contributed by atoms with Crippen molar-refractivity contribution in [2.45, 2.75) is 68.4 Å². The molecule has 1 unspecified atom stereocenters. The Kier molecular flexibility index (Phi) is 6.97. The number of imidazole rings is 1. The third kappa shape index (κ3) is 6.18. The summed E-state index contributed by atoms with van der Waals surface area (Å²) in [5.74, 6) is -0.447. The molecule has 0 bridgehead atoms. The van der Waals surface area contributed by atoms with Crippen LogP contribution in [0.25, 0.3) is 11.0 Å². The first-order valence-electron chi connectivity index (χ1n) is 9.14. The fourth-order valence-electron chi connectivity index (χ4n) is 2.59. The van der Waals surface area contributed by atoms with Gasteiger partial charge in [-0.3, -0.25) is 10.1 Å². The number of fused-ring (bicyclic) bond motifs is 1. The minimum atomic E-state index is -3.84. The standard InChI is InChI=1S/C18H27N5O4S2/c1-6-9-23-14-8-7-12(29(19,26)27)10-13(14)20-17(23)28-11(2)15(24)21-16(25)22-18(3,4)5/h7-8,10-11H,6,9H2,1-5H3,(H2,19,26,27)(H2,21,22,24,25). The number of urea groups is 1. The van der Waals surface area contributed by atoms with Gasteiger partial charge >= 0.3 is 6.03 Å². The van der Waals surface area contributed by atoms with Crippen LogP contribution in [0.1, 0.15) is 41.0 Å². The maximum absolute atomic E-state index is 12.4. The van der Waals surface area contributed by atoms with Crippen molar-refractivity contribution >= 4 is 44.8 Å². The van der Waals surface area contributed by atoms with Crippen molar-refractivity contribution in [2.75, 3.05) is 0 Å². The van der Waals surface area contributed by atoms with E-state index in [0.717, 1.165) is 11.9 Å². The molecule has 11 heteroatoms. The van der Waals surface area contributed by atoms with Gasteiger partial charge in [-0.25, -0.2) is 23.3 Å². The van der Waals surface area contributed by atoms with Gasteiger partial charge in [-0.15, -0.1) is 0 Å². The molecule has 160 valence electrons. The van der Waals surface area contributed by atoms with Crippen LogP contribution in [0.2, 0.25) is 0 Å². The highest BCUT2D eigenvalue weighted by molar-refractivity contribution is 8.00. The van der Waals surface area contributed by atoms with Crippen LogP contribution in [0.5, 0.6) is 0 Å². The zero-order valence-corrected chi connectivity index (χ0v) is 18.8. The van der Waals surface area contributed by atoms with Crippen molar-refractivity contribution in [2.24, 2.45) is 5.14 Å². The summed E-state index contributed by atoms with van der Waals surface area (Å²) in [7, 11) is -3.84. The molecule has 0 saturated heterocycles. The quantitative estimate of drug-likeness (QED) is 0.588. The highest BCUT2D eigenvalue weighted by Gasteiger charge is 2.23. The molecule has 0 aliphatic carbocycles. The first-order valence-corrected chi connectivity index (χ1v) is 11.6. The highest BCUT2D eigenvalue weighted by Crippen LogP contribution is 2.29. The molecule has 0 spiro atoms. The van der Waals surface area contributed by atoms with Gasteiger partial charge in [0.1, 0.15) is 0 Å². The average molecular weight is 442 g/mol. The normalized spacial score (nSPS) is 13.3. The van der Waals surface area contributed by atoms with Crippen molar-refractivity contribution in [1.82, 2.24) is 20.2 Å². The van der Waals surface area contributed by atoms with Gasteiger partial charge in [0, 0.05) is 12.1 Å². The van der Waals surface area contributed by atoms with E-state index < -0.39 is 32.8 Å². The third-order valence-corrected chi connectivity index (χ3v) is 5.84. The summed E-state index contributed by atoms with van der Waals surface area (Å²) >= 11 is 1.20. The van der Waals surface area contributed by atoms with Crippen LogP contribution in [0.15, 0.2) is 28.3 Å². The van der Waals surface area contributed by atoms with Crippen LogP contribution in [0.4, 0.5) is 4.79 Å². The molecular formula is C18H27N5O4S2. The average Bonchev–Trinajstić information content (AvgIpc) is 2.89. The van der Waals surface area contributed by atoms with Gasteiger partial charge < -0.3 is 9.88 Å². The summed E-state index contributed by atoms with van der Waals surface area (Å²) in [6.07, 6.45) is 0.824. The monoisotopic (exact) mass is 441 g/mol. The van der Waals surface area contributed by atoms with E-state index >= 15 is 0 Å². The Labute approximate surface area is 174 Å². The molecule has 0 saturated carbocycles. The number of carbonyl (C=O) groups excluding carboxylic acids is 2. The predicted octanol–water partition coefficient (Wildman–Crippen LogP) is 2.20. The summed E-state index contributed by atoms with van der Waals surface area (Å²) < 4.78 is 25.1. The number of nitrogens with one attached hydrogen (secondary N) is 2. The molecule has 9 nitrogen and oxygen atoms in total. The number of hydrogen-bond donors (Lipinski definition) is 3. The Morgan fingerprint density at radius 3 is 2.52 bits per heavy atom. The summed E-state index contributed by atoms with van der Waals surface area (Å²) in [6.45, 7) is 9.78. The second-order valence-electron chi connectivity index (χ2n) is 7.70. The summed E-state index contributed by atoms with van der Waals surface area (Å²) in [5, 5.41) is 10.2. The Morgan fingerprint density at radius 2 is 1.97 bits per heavy atom. The topological polar surface area (TPSA) is 136 Å². The van der Waals surface area contributed by atoms with E-state index in [1.807, 2.05) is 32.3 Å². The van der Waals surface area contributed by atoms with E-state index in [1.54, 1.807) is 13.0 Å². The van der Waals surface area contributed by atoms with E-state index in [9.17, 15) is 18.0 Å². The number of nitrogens with zero attached hydrogens (tertiary/aromatic N) is 2. The fourth-order valence-corrected chi connectivity index (χ4v) is 4.07. The molecular weight excluding hydrogens is 414 g/mol. The van der Waals surface area contributed by atoms with Gasteiger partial charge in [0.2, 0.25) is 15.9 Å². The van der Waals surface area contributed by atoms with Crippen LogP contribution in [-0.2, 0) is 21.4 Å². The van der Waals surface area contributed by atoms with Crippen LogP contribution in [-0.4, -0.2) is 40.7 Å². The number of rotatable bonds is 6. The number of thioether (sulfide) groups is 1. The minimum Gasteiger partial charge on any atom is -0.333 e. The molecule has 1 atom stereocenters. The van der Waals surface area contributed by atoms with Crippen molar-refractivity contribution < 1.29 is 18.0 Å². The lowest BCUT2D eigenvalue weighted by molar-refractivity contribution is -0.119.